The average molecular weight is 391 g/mol. The summed E-state index contributed by atoms with van der Waals surface area (Å²) in [6.07, 6.45) is 0. The van der Waals surface area contributed by atoms with Gasteiger partial charge in [0, 0.05) is 11.3 Å². The molecular formula is C23H22N2O2S. The van der Waals surface area contributed by atoms with Crippen LogP contribution in [-0.4, -0.2) is 34.4 Å². The van der Waals surface area contributed by atoms with Crippen LogP contribution in [0.4, 0.5) is 0 Å². The van der Waals surface area contributed by atoms with Gasteiger partial charge < -0.3 is 10.2 Å². The lowest BCUT2D eigenvalue weighted by molar-refractivity contribution is -0.125. The van der Waals surface area contributed by atoms with Crippen LogP contribution in [0.25, 0.3) is 10.8 Å². The molecule has 4 nitrogen and oxygen atoms in total. The first-order chi connectivity index (χ1) is 13.6. The van der Waals surface area contributed by atoms with E-state index in [-0.39, 0.29) is 17.9 Å². The zero-order chi connectivity index (χ0) is 19.5. The molecule has 0 spiro atoms. The average Bonchev–Trinajstić information content (AvgIpc) is 3.23. The minimum atomic E-state index is -0.449. The Morgan fingerprint density at radius 2 is 1.71 bits per heavy atom. The fraction of sp³-hybridized carbons (Fsp3) is 0.217. The molecular weight excluding hydrogens is 368 g/mol. The second-order valence-corrected chi connectivity index (χ2v) is 7.96. The van der Waals surface area contributed by atoms with Gasteiger partial charge in [0.2, 0.25) is 5.91 Å². The zero-order valence-electron chi connectivity index (χ0n) is 15.7. The number of nitrogens with one attached hydrogen (secondary N) is 1. The van der Waals surface area contributed by atoms with Crippen molar-refractivity contribution in [1.82, 2.24) is 10.2 Å². The highest BCUT2D eigenvalue weighted by atomic mass is 32.2. The lowest BCUT2D eigenvalue weighted by Crippen LogP contribution is -2.47. The molecule has 0 bridgehead atoms. The van der Waals surface area contributed by atoms with Gasteiger partial charge in [0.1, 0.15) is 6.04 Å². The lowest BCUT2D eigenvalue weighted by Gasteiger charge is -2.25. The Bertz CT molecular complexity index is 1000. The van der Waals surface area contributed by atoms with Crippen molar-refractivity contribution in [3.63, 3.8) is 0 Å². The van der Waals surface area contributed by atoms with Crippen molar-refractivity contribution in [2.24, 2.45) is 0 Å². The number of carbonyl (C=O) groups is 2. The number of hydrogen-bond donors (Lipinski definition) is 1. The summed E-state index contributed by atoms with van der Waals surface area (Å²) in [6, 6.07) is 22.8. The van der Waals surface area contributed by atoms with Crippen LogP contribution in [0.15, 0.2) is 72.8 Å². The van der Waals surface area contributed by atoms with Crippen molar-refractivity contribution in [1.29, 1.82) is 0 Å². The van der Waals surface area contributed by atoms with Crippen LogP contribution >= 0.6 is 11.8 Å². The number of hydrogen-bond acceptors (Lipinski definition) is 3. The topological polar surface area (TPSA) is 49.4 Å². The Balaban J connectivity index is 1.51. The molecule has 5 heteroatoms. The molecule has 1 fully saturated rings. The van der Waals surface area contributed by atoms with Crippen molar-refractivity contribution in [3.05, 3.63) is 83.9 Å². The van der Waals surface area contributed by atoms with Gasteiger partial charge in [-0.3, -0.25) is 9.59 Å². The van der Waals surface area contributed by atoms with E-state index >= 15 is 0 Å². The summed E-state index contributed by atoms with van der Waals surface area (Å²) in [6.45, 7) is 1.99. The molecule has 0 aromatic heterocycles. The summed E-state index contributed by atoms with van der Waals surface area (Å²) in [4.78, 5) is 27.5. The quantitative estimate of drug-likeness (QED) is 0.725. The molecule has 4 rings (SSSR count). The molecule has 3 aromatic rings. The van der Waals surface area contributed by atoms with Gasteiger partial charge >= 0.3 is 0 Å². The molecule has 0 aliphatic carbocycles. The second-order valence-electron chi connectivity index (χ2n) is 6.96. The van der Waals surface area contributed by atoms with Crippen LogP contribution in [0, 0.1) is 0 Å². The predicted octanol–water partition coefficient (Wildman–Crippen LogP) is 4.23. The highest BCUT2D eigenvalue weighted by Crippen LogP contribution is 2.26. The fourth-order valence-electron chi connectivity index (χ4n) is 3.62. The minimum absolute atomic E-state index is 0.0939. The highest BCUT2D eigenvalue weighted by molar-refractivity contribution is 7.99. The predicted molar refractivity (Wildman–Crippen MR) is 114 cm³/mol. The Morgan fingerprint density at radius 3 is 2.54 bits per heavy atom. The van der Waals surface area contributed by atoms with Gasteiger partial charge in [-0.1, -0.05) is 60.7 Å². The number of nitrogens with zero attached hydrogens (tertiary/aromatic N) is 1. The second kappa shape index (κ2) is 8.07. The van der Waals surface area contributed by atoms with E-state index in [2.05, 4.69) is 23.5 Å². The number of benzene rings is 3. The number of fused-ring (bicyclic) bond motifs is 1. The maximum Gasteiger partial charge on any atom is 0.255 e. The van der Waals surface area contributed by atoms with E-state index in [1.54, 1.807) is 28.8 Å². The maximum atomic E-state index is 13.0. The highest BCUT2D eigenvalue weighted by Gasteiger charge is 2.35. The Labute approximate surface area is 168 Å². The Morgan fingerprint density at radius 1 is 1.00 bits per heavy atom. The van der Waals surface area contributed by atoms with Crippen LogP contribution in [0.1, 0.15) is 28.9 Å². The van der Waals surface area contributed by atoms with Crippen molar-refractivity contribution in [3.8, 4) is 0 Å². The van der Waals surface area contributed by atoms with E-state index in [1.165, 1.54) is 0 Å². The monoisotopic (exact) mass is 390 g/mol. The van der Waals surface area contributed by atoms with Crippen LogP contribution in [0.3, 0.4) is 0 Å². The smallest absolute Gasteiger partial charge is 0.255 e. The summed E-state index contributed by atoms with van der Waals surface area (Å²) in [5.41, 5.74) is 1.70. The van der Waals surface area contributed by atoms with Crippen molar-refractivity contribution in [2.45, 2.75) is 19.0 Å². The van der Waals surface area contributed by atoms with Gasteiger partial charge in [0.25, 0.3) is 5.91 Å². The summed E-state index contributed by atoms with van der Waals surface area (Å²) in [5, 5.41) is 5.41. The van der Waals surface area contributed by atoms with Gasteiger partial charge in [-0.05, 0) is 35.4 Å². The first kappa shape index (κ1) is 18.6. The summed E-state index contributed by atoms with van der Waals surface area (Å²) in [7, 11) is 0. The van der Waals surface area contributed by atoms with Crippen molar-refractivity contribution < 1.29 is 9.59 Å². The molecule has 0 unspecified atom stereocenters. The third-order valence-corrected chi connectivity index (χ3v) is 6.13. The maximum absolute atomic E-state index is 13.0. The van der Waals surface area contributed by atoms with E-state index in [0.717, 1.165) is 16.3 Å². The van der Waals surface area contributed by atoms with E-state index in [9.17, 15) is 9.59 Å². The number of rotatable bonds is 4. The number of amides is 2. The summed E-state index contributed by atoms with van der Waals surface area (Å²) >= 11 is 1.61. The van der Waals surface area contributed by atoms with E-state index in [1.807, 2.05) is 49.4 Å². The van der Waals surface area contributed by atoms with Gasteiger partial charge in [-0.15, -0.1) is 11.8 Å². The number of carbonyl (C=O) groups excluding carboxylic acids is 2. The molecule has 0 saturated carbocycles. The molecule has 28 heavy (non-hydrogen) atoms. The van der Waals surface area contributed by atoms with Crippen molar-refractivity contribution in [2.75, 3.05) is 11.6 Å². The van der Waals surface area contributed by atoms with Crippen LogP contribution < -0.4 is 5.32 Å². The molecule has 1 heterocycles. The van der Waals surface area contributed by atoms with Crippen LogP contribution in [-0.2, 0) is 4.79 Å². The van der Waals surface area contributed by atoms with Gasteiger partial charge in [-0.25, -0.2) is 0 Å². The molecule has 0 radical (unpaired) electrons. The van der Waals surface area contributed by atoms with Gasteiger partial charge in [-0.2, -0.15) is 0 Å². The fourth-order valence-corrected chi connectivity index (χ4v) is 4.78. The molecule has 142 valence electrons. The molecule has 1 aliphatic rings. The van der Waals surface area contributed by atoms with Gasteiger partial charge in [0.15, 0.2) is 0 Å². The first-order valence-electron chi connectivity index (χ1n) is 9.37. The largest absolute Gasteiger partial charge is 0.348 e. The Kier molecular flexibility index (Phi) is 5.35. The molecule has 1 saturated heterocycles. The van der Waals surface area contributed by atoms with Crippen molar-refractivity contribution >= 4 is 34.3 Å². The SMILES string of the molecule is C[C@@H](NC(=O)[C@H]1CSCN1C(=O)c1ccccc1)c1cccc2ccccc12. The Hall–Kier alpha value is -2.79. The zero-order valence-corrected chi connectivity index (χ0v) is 16.5. The molecule has 2 amide bonds. The third-order valence-electron chi connectivity index (χ3n) is 5.12. The molecule has 2 atom stereocenters. The molecule has 1 N–H and O–H groups in total. The van der Waals surface area contributed by atoms with E-state index in [0.29, 0.717) is 17.2 Å². The normalized spacial score (nSPS) is 17.5. The summed E-state index contributed by atoms with van der Waals surface area (Å²) < 4.78 is 0. The standard InChI is InChI=1S/C23H22N2O2S/c1-16(19-13-7-11-17-8-5-6-12-20(17)19)24-22(26)21-14-28-15-25(21)23(27)18-9-3-2-4-10-18/h2-13,16,21H,14-15H2,1H3,(H,24,26)/t16-,21-/m1/s1. The number of thioether (sulfide) groups is 1. The third kappa shape index (κ3) is 3.62. The first-order valence-corrected chi connectivity index (χ1v) is 10.5. The van der Waals surface area contributed by atoms with E-state index < -0.39 is 6.04 Å². The van der Waals surface area contributed by atoms with Crippen LogP contribution in [0.5, 0.6) is 0 Å². The molecule has 3 aromatic carbocycles. The van der Waals surface area contributed by atoms with E-state index in [4.69, 9.17) is 0 Å². The lowest BCUT2D eigenvalue weighted by atomic mass is 9.99. The van der Waals surface area contributed by atoms with Crippen LogP contribution in [0.2, 0.25) is 0 Å². The van der Waals surface area contributed by atoms with Gasteiger partial charge in [0.05, 0.1) is 11.9 Å². The molecule has 1 aliphatic heterocycles. The summed E-state index contributed by atoms with van der Waals surface area (Å²) in [5.74, 6) is 0.958. The minimum Gasteiger partial charge on any atom is -0.348 e.